The van der Waals surface area contributed by atoms with Crippen molar-refractivity contribution in [3.05, 3.63) is 28.3 Å². The van der Waals surface area contributed by atoms with E-state index in [1.54, 1.807) is 0 Å². The Hall–Kier alpha value is -1.75. The van der Waals surface area contributed by atoms with E-state index < -0.39 is 20.6 Å². The maximum Gasteiger partial charge on any atom is 0.294 e. The van der Waals surface area contributed by atoms with Crippen molar-refractivity contribution in [2.24, 2.45) is 5.84 Å². The van der Waals surface area contributed by atoms with Crippen molar-refractivity contribution < 1.29 is 18.4 Å². The number of nitrogens with one attached hydrogen (secondary N) is 1. The summed E-state index contributed by atoms with van der Waals surface area (Å²) in [5.41, 5.74) is 1.76. The van der Waals surface area contributed by atoms with E-state index in [-0.39, 0.29) is 29.8 Å². The van der Waals surface area contributed by atoms with E-state index in [0.29, 0.717) is 0 Å². The highest BCUT2D eigenvalue weighted by Crippen LogP contribution is 2.34. The minimum absolute atomic E-state index is 0.0269. The second-order valence-corrected chi connectivity index (χ2v) is 6.54. The predicted molar refractivity (Wildman–Crippen MR) is 74.9 cm³/mol. The molecule has 9 nitrogen and oxygen atoms in total. The van der Waals surface area contributed by atoms with Gasteiger partial charge in [-0.3, -0.25) is 16.0 Å². The van der Waals surface area contributed by atoms with Crippen LogP contribution in [-0.4, -0.2) is 41.9 Å². The molecule has 116 valence electrons. The molecule has 1 aromatic rings. The van der Waals surface area contributed by atoms with E-state index in [1.165, 1.54) is 16.4 Å². The van der Waals surface area contributed by atoms with Crippen molar-refractivity contribution in [2.45, 2.75) is 23.8 Å². The number of nitro benzene ring substituents is 1. The highest BCUT2D eigenvalue weighted by atomic mass is 32.2. The van der Waals surface area contributed by atoms with Crippen molar-refractivity contribution in [1.29, 1.82) is 0 Å². The third-order valence-corrected chi connectivity index (χ3v) is 5.15. The normalized spacial score (nSPS) is 15.2. The molecule has 0 amide bonds. The molecule has 0 atom stereocenters. The molecule has 21 heavy (non-hydrogen) atoms. The largest absolute Gasteiger partial charge is 0.395 e. The fourth-order valence-corrected chi connectivity index (χ4v) is 3.74. The smallest absolute Gasteiger partial charge is 0.294 e. The monoisotopic (exact) mass is 316 g/mol. The molecule has 0 aromatic heterocycles. The molecule has 2 rings (SSSR count). The summed E-state index contributed by atoms with van der Waals surface area (Å²) in [4.78, 5) is 10.1. The Bertz CT molecular complexity index is 644. The highest BCUT2D eigenvalue weighted by Gasteiger charge is 2.38. The topological polar surface area (TPSA) is 139 Å². The minimum atomic E-state index is -3.88. The van der Waals surface area contributed by atoms with E-state index in [4.69, 9.17) is 10.9 Å². The van der Waals surface area contributed by atoms with Crippen molar-refractivity contribution in [2.75, 3.05) is 18.6 Å². The molecule has 1 aliphatic rings. The lowest BCUT2D eigenvalue weighted by Crippen LogP contribution is -2.35. The lowest BCUT2D eigenvalue weighted by molar-refractivity contribution is -0.384. The van der Waals surface area contributed by atoms with Crippen LogP contribution in [0.15, 0.2) is 23.1 Å². The van der Waals surface area contributed by atoms with Gasteiger partial charge in [-0.15, -0.1) is 0 Å². The number of hydrogen-bond acceptors (Lipinski definition) is 7. The van der Waals surface area contributed by atoms with Gasteiger partial charge in [-0.1, -0.05) is 0 Å². The molecule has 0 spiro atoms. The van der Waals surface area contributed by atoms with Gasteiger partial charge >= 0.3 is 0 Å². The summed E-state index contributed by atoms with van der Waals surface area (Å²) < 4.78 is 26.2. The number of rotatable bonds is 7. The van der Waals surface area contributed by atoms with Gasteiger partial charge in [0.2, 0.25) is 10.0 Å². The van der Waals surface area contributed by atoms with E-state index in [1.807, 2.05) is 0 Å². The zero-order valence-electron chi connectivity index (χ0n) is 11.1. The fraction of sp³-hybridized carbons (Fsp3) is 0.455. The first-order valence-electron chi connectivity index (χ1n) is 6.29. The van der Waals surface area contributed by atoms with Crippen molar-refractivity contribution in [1.82, 2.24) is 4.31 Å². The van der Waals surface area contributed by atoms with Crippen LogP contribution in [0.4, 0.5) is 11.4 Å². The van der Waals surface area contributed by atoms with Gasteiger partial charge in [0.25, 0.3) is 5.69 Å². The minimum Gasteiger partial charge on any atom is -0.395 e. The summed E-state index contributed by atoms with van der Waals surface area (Å²) in [5.74, 6) is 5.17. The van der Waals surface area contributed by atoms with Gasteiger partial charge in [0.1, 0.15) is 5.69 Å². The van der Waals surface area contributed by atoms with Crippen LogP contribution in [0, 0.1) is 10.1 Å². The Morgan fingerprint density at radius 3 is 2.62 bits per heavy atom. The number of nitrogen functional groups attached to an aromatic ring is 1. The van der Waals surface area contributed by atoms with Crippen molar-refractivity contribution in [3.63, 3.8) is 0 Å². The SMILES string of the molecule is NNc1ccc(S(=O)(=O)N(CCO)C2CC2)cc1[N+](=O)[O-]. The number of sulfonamides is 1. The number of nitro groups is 1. The Kier molecular flexibility index (Phi) is 4.42. The van der Waals surface area contributed by atoms with E-state index in [2.05, 4.69) is 5.43 Å². The molecule has 0 radical (unpaired) electrons. The number of nitrogens with zero attached hydrogens (tertiary/aromatic N) is 2. The first-order valence-corrected chi connectivity index (χ1v) is 7.73. The number of nitrogens with two attached hydrogens (primary N) is 1. The second kappa shape index (κ2) is 5.93. The van der Waals surface area contributed by atoms with Gasteiger partial charge in [-0.05, 0) is 25.0 Å². The summed E-state index contributed by atoms with van der Waals surface area (Å²) in [6.45, 7) is -0.335. The Balaban J connectivity index is 2.44. The molecule has 1 fully saturated rings. The summed E-state index contributed by atoms with van der Waals surface area (Å²) >= 11 is 0. The molecule has 0 unspecified atom stereocenters. The van der Waals surface area contributed by atoms with Crippen LogP contribution in [0.5, 0.6) is 0 Å². The van der Waals surface area contributed by atoms with Crippen molar-refractivity contribution in [3.8, 4) is 0 Å². The van der Waals surface area contributed by atoms with Crippen LogP contribution < -0.4 is 11.3 Å². The number of benzene rings is 1. The average molecular weight is 316 g/mol. The lowest BCUT2D eigenvalue weighted by Gasteiger charge is -2.20. The fourth-order valence-electron chi connectivity index (χ4n) is 2.04. The quantitative estimate of drug-likeness (QED) is 0.366. The van der Waals surface area contributed by atoms with Crippen molar-refractivity contribution >= 4 is 21.4 Å². The van der Waals surface area contributed by atoms with Crippen LogP contribution in [0.25, 0.3) is 0 Å². The number of anilines is 1. The maximum absolute atomic E-state index is 12.5. The predicted octanol–water partition coefficient (Wildman–Crippen LogP) is 0.0258. The van der Waals surface area contributed by atoms with Gasteiger partial charge in [0, 0.05) is 18.7 Å². The van der Waals surface area contributed by atoms with Crippen LogP contribution in [-0.2, 0) is 10.0 Å². The van der Waals surface area contributed by atoms with Gasteiger partial charge in [0.15, 0.2) is 0 Å². The Morgan fingerprint density at radius 2 is 2.14 bits per heavy atom. The molecule has 10 heteroatoms. The van der Waals surface area contributed by atoms with E-state index in [9.17, 15) is 18.5 Å². The zero-order chi connectivity index (χ0) is 15.6. The summed E-state index contributed by atoms with van der Waals surface area (Å²) in [7, 11) is -3.88. The van der Waals surface area contributed by atoms with Gasteiger partial charge in [-0.25, -0.2) is 8.42 Å². The second-order valence-electron chi connectivity index (χ2n) is 4.65. The number of aliphatic hydroxyl groups excluding tert-OH is 1. The third kappa shape index (κ3) is 3.13. The standard InChI is InChI=1S/C11H16N4O5S/c12-13-10-4-3-9(7-11(10)15(17)18)21(19,20)14(5-6-16)8-1-2-8/h3-4,7-8,13,16H,1-2,5-6,12H2. The van der Waals surface area contributed by atoms with E-state index in [0.717, 1.165) is 18.9 Å². The van der Waals surface area contributed by atoms with Gasteiger partial charge in [-0.2, -0.15) is 4.31 Å². The molecule has 4 N–H and O–H groups in total. The summed E-state index contributed by atoms with van der Waals surface area (Å²) in [5, 5.41) is 20.0. The number of hydrazine groups is 1. The Labute approximate surface area is 121 Å². The molecule has 0 aliphatic heterocycles. The molecule has 0 heterocycles. The molecule has 1 saturated carbocycles. The molecule has 1 aliphatic carbocycles. The number of hydrogen-bond donors (Lipinski definition) is 3. The summed E-state index contributed by atoms with van der Waals surface area (Å²) in [6.07, 6.45) is 1.45. The number of aliphatic hydroxyl groups is 1. The third-order valence-electron chi connectivity index (χ3n) is 3.20. The molecular weight excluding hydrogens is 300 g/mol. The van der Waals surface area contributed by atoms with Crippen LogP contribution in [0.3, 0.4) is 0 Å². The summed E-state index contributed by atoms with van der Waals surface area (Å²) in [6, 6.07) is 3.32. The molecule has 1 aromatic carbocycles. The molecule has 0 saturated heterocycles. The zero-order valence-corrected chi connectivity index (χ0v) is 11.9. The lowest BCUT2D eigenvalue weighted by atomic mass is 10.3. The highest BCUT2D eigenvalue weighted by molar-refractivity contribution is 7.89. The van der Waals surface area contributed by atoms with Crippen LogP contribution in [0.1, 0.15) is 12.8 Å². The van der Waals surface area contributed by atoms with Gasteiger partial charge < -0.3 is 10.5 Å². The molecular formula is C11H16N4O5S. The van der Waals surface area contributed by atoms with Crippen LogP contribution >= 0.6 is 0 Å². The van der Waals surface area contributed by atoms with E-state index >= 15 is 0 Å². The first kappa shape index (κ1) is 15.6. The van der Waals surface area contributed by atoms with Gasteiger partial charge in [0.05, 0.1) is 16.4 Å². The first-order chi connectivity index (χ1) is 9.91. The average Bonchev–Trinajstić information content (AvgIpc) is 3.28. The van der Waals surface area contributed by atoms with Crippen LogP contribution in [0.2, 0.25) is 0 Å². The molecule has 0 bridgehead atoms. The maximum atomic E-state index is 12.5. The Morgan fingerprint density at radius 1 is 1.48 bits per heavy atom.